The van der Waals surface area contributed by atoms with Gasteiger partial charge in [0.1, 0.15) is 5.00 Å². The average molecular weight is 355 g/mol. The van der Waals surface area contributed by atoms with Gasteiger partial charge in [0, 0.05) is 10.2 Å². The first kappa shape index (κ1) is 14.5. The van der Waals surface area contributed by atoms with E-state index in [2.05, 4.69) is 26.6 Å². The molecular weight excluding hydrogens is 344 g/mol. The van der Waals surface area contributed by atoms with Crippen LogP contribution in [0.2, 0.25) is 0 Å². The number of thiophene rings is 1. The van der Waals surface area contributed by atoms with Crippen LogP contribution in [0, 0.1) is 6.92 Å². The van der Waals surface area contributed by atoms with E-state index in [0.717, 1.165) is 21.4 Å². The number of halogens is 1. The van der Waals surface area contributed by atoms with Gasteiger partial charge in [-0.15, -0.1) is 11.3 Å². The minimum atomic E-state index is -1.07. The lowest BCUT2D eigenvalue weighted by atomic mass is 10.2. The molecule has 20 heavy (non-hydrogen) atoms. The lowest BCUT2D eigenvalue weighted by Crippen LogP contribution is -2.20. The third-order valence-electron chi connectivity index (χ3n) is 2.42. The van der Waals surface area contributed by atoms with Crippen molar-refractivity contribution in [1.29, 1.82) is 0 Å². The second kappa shape index (κ2) is 6.06. The summed E-state index contributed by atoms with van der Waals surface area (Å²) in [7, 11) is 0. The second-order valence-corrected chi connectivity index (χ2v) is 5.90. The molecule has 0 fully saturated rings. The van der Waals surface area contributed by atoms with Crippen molar-refractivity contribution >= 4 is 50.0 Å². The molecule has 0 atom stereocenters. The van der Waals surface area contributed by atoms with Gasteiger partial charge in [-0.05, 0) is 42.1 Å². The van der Waals surface area contributed by atoms with Gasteiger partial charge >= 0.3 is 12.0 Å². The monoisotopic (exact) mass is 354 g/mol. The molecule has 2 amide bonds. The van der Waals surface area contributed by atoms with E-state index in [0.29, 0.717) is 10.7 Å². The first-order valence-electron chi connectivity index (χ1n) is 5.61. The van der Waals surface area contributed by atoms with E-state index >= 15 is 0 Å². The first-order chi connectivity index (χ1) is 9.45. The fourth-order valence-corrected chi connectivity index (χ4v) is 3.03. The molecule has 0 unspecified atom stereocenters. The molecule has 0 saturated heterocycles. The topological polar surface area (TPSA) is 78.4 Å². The number of carboxylic acids is 1. The summed E-state index contributed by atoms with van der Waals surface area (Å²) in [5.41, 5.74) is 1.70. The van der Waals surface area contributed by atoms with Crippen molar-refractivity contribution in [2.24, 2.45) is 0 Å². The highest BCUT2D eigenvalue weighted by molar-refractivity contribution is 9.10. The molecule has 2 aromatic rings. The molecule has 1 aromatic carbocycles. The van der Waals surface area contributed by atoms with Gasteiger partial charge in [0.05, 0.1) is 5.56 Å². The van der Waals surface area contributed by atoms with Crippen molar-refractivity contribution in [2.75, 3.05) is 10.6 Å². The number of amides is 2. The Balaban J connectivity index is 2.09. The predicted octanol–water partition coefficient (Wildman–Crippen LogP) is 4.16. The van der Waals surface area contributed by atoms with Crippen molar-refractivity contribution in [3.8, 4) is 0 Å². The van der Waals surface area contributed by atoms with Crippen LogP contribution < -0.4 is 10.6 Å². The Morgan fingerprint density at radius 2 is 2.00 bits per heavy atom. The fraction of sp³-hybridized carbons (Fsp3) is 0.0769. The maximum absolute atomic E-state index is 11.9. The van der Waals surface area contributed by atoms with Crippen LogP contribution in [-0.4, -0.2) is 17.1 Å². The number of carbonyl (C=O) groups excluding carboxylic acids is 1. The molecule has 7 heteroatoms. The average Bonchev–Trinajstić information content (AvgIpc) is 2.75. The van der Waals surface area contributed by atoms with Crippen LogP contribution in [-0.2, 0) is 0 Å². The van der Waals surface area contributed by atoms with E-state index in [1.165, 1.54) is 6.07 Å². The zero-order valence-corrected chi connectivity index (χ0v) is 12.8. The van der Waals surface area contributed by atoms with E-state index in [4.69, 9.17) is 5.11 Å². The molecule has 0 radical (unpaired) electrons. The quantitative estimate of drug-likeness (QED) is 0.774. The summed E-state index contributed by atoms with van der Waals surface area (Å²) in [5.74, 6) is -1.07. The van der Waals surface area contributed by atoms with Crippen LogP contribution >= 0.6 is 27.3 Å². The molecule has 0 aliphatic rings. The molecule has 3 N–H and O–H groups in total. The van der Waals surface area contributed by atoms with E-state index < -0.39 is 12.0 Å². The van der Waals surface area contributed by atoms with E-state index in [-0.39, 0.29) is 5.56 Å². The van der Waals surface area contributed by atoms with Crippen molar-refractivity contribution in [3.05, 3.63) is 45.2 Å². The lowest BCUT2D eigenvalue weighted by molar-refractivity contribution is 0.0698. The molecule has 5 nitrogen and oxygen atoms in total. The number of rotatable bonds is 3. The molecule has 1 heterocycles. The number of anilines is 2. The summed E-state index contributed by atoms with van der Waals surface area (Å²) in [6.07, 6.45) is 0. The summed E-state index contributed by atoms with van der Waals surface area (Å²) in [5, 5.41) is 16.1. The van der Waals surface area contributed by atoms with Gasteiger partial charge in [-0.25, -0.2) is 9.59 Å². The van der Waals surface area contributed by atoms with Crippen LogP contribution in [0.15, 0.2) is 34.1 Å². The van der Waals surface area contributed by atoms with Crippen LogP contribution in [0.4, 0.5) is 15.5 Å². The largest absolute Gasteiger partial charge is 0.478 e. The number of hydrogen-bond donors (Lipinski definition) is 3. The molecule has 0 aliphatic heterocycles. The van der Waals surface area contributed by atoms with Crippen LogP contribution in [0.3, 0.4) is 0 Å². The fourth-order valence-electron chi connectivity index (χ4n) is 1.65. The molecule has 104 valence electrons. The summed E-state index contributed by atoms with van der Waals surface area (Å²) < 4.78 is 0.857. The normalized spacial score (nSPS) is 10.1. The Labute approximate surface area is 127 Å². The standard InChI is InChI=1S/C13H11BrN2O3S/c1-7-4-8(14)6-9(5-7)15-13(19)16-11-10(12(17)18)2-3-20-11/h2-6H,1H3,(H,17,18)(H2,15,16,19). The first-order valence-corrected chi connectivity index (χ1v) is 7.29. The summed E-state index contributed by atoms with van der Waals surface area (Å²) in [4.78, 5) is 22.8. The lowest BCUT2D eigenvalue weighted by Gasteiger charge is -2.08. The number of benzene rings is 1. The van der Waals surface area contributed by atoms with Gasteiger partial charge in [0.2, 0.25) is 0 Å². The van der Waals surface area contributed by atoms with Gasteiger partial charge in [-0.2, -0.15) is 0 Å². The van der Waals surface area contributed by atoms with E-state index in [1.807, 2.05) is 19.1 Å². The van der Waals surface area contributed by atoms with Gasteiger partial charge in [0.25, 0.3) is 0 Å². The smallest absolute Gasteiger partial charge is 0.338 e. The Morgan fingerprint density at radius 3 is 2.65 bits per heavy atom. The molecule has 0 spiro atoms. The maximum Gasteiger partial charge on any atom is 0.338 e. The van der Waals surface area contributed by atoms with Gasteiger partial charge in [0.15, 0.2) is 0 Å². The van der Waals surface area contributed by atoms with Crippen molar-refractivity contribution < 1.29 is 14.7 Å². The van der Waals surface area contributed by atoms with Crippen LogP contribution in [0.1, 0.15) is 15.9 Å². The van der Waals surface area contributed by atoms with Gasteiger partial charge in [-0.1, -0.05) is 15.9 Å². The van der Waals surface area contributed by atoms with Gasteiger partial charge < -0.3 is 10.4 Å². The molecule has 0 saturated carbocycles. The van der Waals surface area contributed by atoms with Crippen molar-refractivity contribution in [1.82, 2.24) is 0 Å². The molecular formula is C13H11BrN2O3S. The number of hydrogen-bond acceptors (Lipinski definition) is 3. The summed E-state index contributed by atoms with van der Waals surface area (Å²) in [6, 6.07) is 6.47. The molecule has 2 rings (SSSR count). The Kier molecular flexibility index (Phi) is 4.41. The number of aromatic carboxylic acids is 1. The predicted molar refractivity (Wildman–Crippen MR) is 82.8 cm³/mol. The number of urea groups is 1. The van der Waals surface area contributed by atoms with Crippen molar-refractivity contribution in [3.63, 3.8) is 0 Å². The van der Waals surface area contributed by atoms with E-state index in [1.54, 1.807) is 11.4 Å². The second-order valence-electron chi connectivity index (χ2n) is 4.06. The number of carbonyl (C=O) groups is 2. The molecule has 0 bridgehead atoms. The molecule has 1 aromatic heterocycles. The summed E-state index contributed by atoms with van der Waals surface area (Å²) >= 11 is 4.51. The summed E-state index contributed by atoms with van der Waals surface area (Å²) in [6.45, 7) is 1.91. The zero-order chi connectivity index (χ0) is 14.7. The highest BCUT2D eigenvalue weighted by Crippen LogP contribution is 2.24. The van der Waals surface area contributed by atoms with Crippen LogP contribution in [0.5, 0.6) is 0 Å². The molecule has 0 aliphatic carbocycles. The minimum absolute atomic E-state index is 0.0792. The number of aryl methyl sites for hydroxylation is 1. The Hall–Kier alpha value is -1.86. The number of carboxylic acid groups (broad SMARTS) is 1. The third-order valence-corrected chi connectivity index (χ3v) is 3.71. The van der Waals surface area contributed by atoms with Crippen LogP contribution in [0.25, 0.3) is 0 Å². The Morgan fingerprint density at radius 1 is 1.25 bits per heavy atom. The van der Waals surface area contributed by atoms with Crippen molar-refractivity contribution in [2.45, 2.75) is 6.92 Å². The SMILES string of the molecule is Cc1cc(Br)cc(NC(=O)Nc2sccc2C(=O)O)c1. The highest BCUT2D eigenvalue weighted by Gasteiger charge is 2.13. The van der Waals surface area contributed by atoms with E-state index in [9.17, 15) is 9.59 Å². The third kappa shape index (κ3) is 3.58. The maximum atomic E-state index is 11.9. The Bertz CT molecular complexity index is 649. The van der Waals surface area contributed by atoms with Gasteiger partial charge in [-0.3, -0.25) is 5.32 Å². The minimum Gasteiger partial charge on any atom is -0.478 e. The zero-order valence-electron chi connectivity index (χ0n) is 10.4. The highest BCUT2D eigenvalue weighted by atomic mass is 79.9. The number of nitrogens with one attached hydrogen (secondary N) is 2.